The molecule has 0 aliphatic carbocycles. The minimum absolute atomic E-state index is 0.245. The van der Waals surface area contributed by atoms with E-state index in [-0.39, 0.29) is 5.56 Å². The van der Waals surface area contributed by atoms with E-state index >= 15 is 0 Å². The van der Waals surface area contributed by atoms with Crippen molar-refractivity contribution in [1.29, 1.82) is 0 Å². The van der Waals surface area contributed by atoms with Crippen LogP contribution in [0.2, 0.25) is 0 Å². The Labute approximate surface area is 85.0 Å². The molecule has 0 aliphatic heterocycles. The third-order valence-corrected chi connectivity index (χ3v) is 2.43. The number of benzene rings is 1. The zero-order valence-corrected chi connectivity index (χ0v) is 8.81. The highest BCUT2D eigenvalue weighted by atomic mass is 79.9. The number of halogens is 2. The molecule has 1 rings (SSSR count). The first-order chi connectivity index (χ1) is 6.04. The van der Waals surface area contributed by atoms with E-state index in [0.717, 1.165) is 0 Å². The third kappa shape index (κ3) is 2.17. The van der Waals surface area contributed by atoms with E-state index in [9.17, 15) is 9.50 Å². The lowest BCUT2D eigenvalue weighted by atomic mass is 10.0. The minimum Gasteiger partial charge on any atom is -0.384 e. The summed E-state index contributed by atoms with van der Waals surface area (Å²) in [5, 5.41) is 9.59. The largest absolute Gasteiger partial charge is 0.384 e. The molecule has 0 saturated heterocycles. The van der Waals surface area contributed by atoms with Crippen LogP contribution in [0, 0.1) is 5.82 Å². The summed E-state index contributed by atoms with van der Waals surface area (Å²) in [5.41, 5.74) is 0.765. The molecule has 1 unspecified atom stereocenters. The Kier molecular flexibility index (Phi) is 3.22. The van der Waals surface area contributed by atoms with Crippen LogP contribution in [-0.4, -0.2) is 5.11 Å². The van der Waals surface area contributed by atoms with Crippen molar-refractivity contribution in [2.24, 2.45) is 0 Å². The lowest BCUT2D eigenvalue weighted by Crippen LogP contribution is -2.02. The summed E-state index contributed by atoms with van der Waals surface area (Å²) in [6, 6.07) is 4.57. The van der Waals surface area contributed by atoms with Gasteiger partial charge in [-0.2, -0.15) is 0 Å². The fraction of sp³-hybridized carbons (Fsp3) is 0.200. The first-order valence-corrected chi connectivity index (χ1v) is 4.60. The summed E-state index contributed by atoms with van der Waals surface area (Å²) in [6.07, 6.45) is -0.949. The first-order valence-electron chi connectivity index (χ1n) is 3.81. The number of hydrogen-bond acceptors (Lipinski definition) is 1. The van der Waals surface area contributed by atoms with Crippen molar-refractivity contribution in [1.82, 2.24) is 0 Å². The van der Waals surface area contributed by atoms with E-state index in [0.29, 0.717) is 10.0 Å². The van der Waals surface area contributed by atoms with Crippen LogP contribution >= 0.6 is 15.9 Å². The van der Waals surface area contributed by atoms with E-state index in [4.69, 9.17) is 0 Å². The van der Waals surface area contributed by atoms with Crippen molar-refractivity contribution in [3.63, 3.8) is 0 Å². The monoisotopic (exact) mass is 244 g/mol. The molecule has 0 amide bonds. The molecule has 1 aromatic carbocycles. The van der Waals surface area contributed by atoms with Crippen LogP contribution in [0.15, 0.2) is 34.8 Å². The van der Waals surface area contributed by atoms with Crippen LogP contribution in [0.3, 0.4) is 0 Å². The maximum Gasteiger partial charge on any atom is 0.130 e. The summed E-state index contributed by atoms with van der Waals surface area (Å²) in [6.45, 7) is 5.23. The van der Waals surface area contributed by atoms with Crippen LogP contribution in [0.4, 0.5) is 4.39 Å². The van der Waals surface area contributed by atoms with Crippen LogP contribution < -0.4 is 0 Å². The van der Waals surface area contributed by atoms with Gasteiger partial charge in [-0.1, -0.05) is 28.6 Å². The molecule has 0 radical (unpaired) electrons. The van der Waals surface area contributed by atoms with E-state index in [1.807, 2.05) is 0 Å². The molecule has 0 fully saturated rings. The normalized spacial score (nSPS) is 12.6. The standard InChI is InChI=1S/C10H10BrFO/c1-6(2)10(13)9-7(11)4-3-5-8(9)12/h3-5,10,13H,1H2,2H3. The second-order valence-corrected chi connectivity index (χ2v) is 3.74. The SMILES string of the molecule is C=C(C)C(O)c1c(F)cccc1Br. The van der Waals surface area contributed by atoms with Gasteiger partial charge < -0.3 is 5.11 Å². The lowest BCUT2D eigenvalue weighted by Gasteiger charge is -2.13. The molecule has 0 aliphatic rings. The Morgan fingerprint density at radius 2 is 2.23 bits per heavy atom. The Morgan fingerprint density at radius 1 is 1.62 bits per heavy atom. The molecule has 70 valence electrons. The van der Waals surface area contributed by atoms with Gasteiger partial charge in [0.1, 0.15) is 11.9 Å². The van der Waals surface area contributed by atoms with Gasteiger partial charge in [0.15, 0.2) is 0 Å². The quantitative estimate of drug-likeness (QED) is 0.793. The fourth-order valence-corrected chi connectivity index (χ4v) is 1.58. The highest BCUT2D eigenvalue weighted by molar-refractivity contribution is 9.10. The van der Waals surface area contributed by atoms with Gasteiger partial charge in [0.05, 0.1) is 0 Å². The zero-order chi connectivity index (χ0) is 10.0. The second-order valence-electron chi connectivity index (χ2n) is 2.88. The average Bonchev–Trinajstić information content (AvgIpc) is 2.03. The van der Waals surface area contributed by atoms with Gasteiger partial charge in [0.2, 0.25) is 0 Å². The van der Waals surface area contributed by atoms with E-state index in [1.165, 1.54) is 6.07 Å². The van der Waals surface area contributed by atoms with Crippen molar-refractivity contribution in [2.75, 3.05) is 0 Å². The number of aliphatic hydroxyl groups excluding tert-OH is 1. The van der Waals surface area contributed by atoms with Crippen LogP contribution in [-0.2, 0) is 0 Å². The van der Waals surface area contributed by atoms with E-state index in [1.54, 1.807) is 19.1 Å². The zero-order valence-electron chi connectivity index (χ0n) is 7.22. The summed E-state index contributed by atoms with van der Waals surface area (Å²) in [7, 11) is 0. The molecule has 1 atom stereocenters. The number of hydrogen-bond donors (Lipinski definition) is 1. The summed E-state index contributed by atoms with van der Waals surface area (Å²) >= 11 is 3.17. The maximum absolute atomic E-state index is 13.2. The van der Waals surface area contributed by atoms with Crippen LogP contribution in [0.1, 0.15) is 18.6 Å². The van der Waals surface area contributed by atoms with Crippen molar-refractivity contribution in [3.05, 3.63) is 46.2 Å². The van der Waals surface area contributed by atoms with Gasteiger partial charge in [-0.05, 0) is 24.6 Å². The van der Waals surface area contributed by atoms with Gasteiger partial charge in [0, 0.05) is 10.0 Å². The molecular weight excluding hydrogens is 235 g/mol. The van der Waals surface area contributed by atoms with Crippen LogP contribution in [0.25, 0.3) is 0 Å². The lowest BCUT2D eigenvalue weighted by molar-refractivity contribution is 0.210. The Morgan fingerprint density at radius 3 is 2.69 bits per heavy atom. The van der Waals surface area contributed by atoms with Gasteiger partial charge in [-0.15, -0.1) is 0 Å². The third-order valence-electron chi connectivity index (χ3n) is 1.74. The predicted molar refractivity (Wildman–Crippen MR) is 53.9 cm³/mol. The highest BCUT2D eigenvalue weighted by Crippen LogP contribution is 2.29. The van der Waals surface area contributed by atoms with Crippen molar-refractivity contribution >= 4 is 15.9 Å². The van der Waals surface area contributed by atoms with Crippen molar-refractivity contribution < 1.29 is 9.50 Å². The molecule has 3 heteroatoms. The first kappa shape index (κ1) is 10.4. The van der Waals surface area contributed by atoms with Crippen molar-refractivity contribution in [3.8, 4) is 0 Å². The predicted octanol–water partition coefficient (Wildman–Crippen LogP) is 3.20. The second kappa shape index (κ2) is 4.03. The maximum atomic E-state index is 13.2. The van der Waals surface area contributed by atoms with E-state index in [2.05, 4.69) is 22.5 Å². The molecule has 1 nitrogen and oxygen atoms in total. The minimum atomic E-state index is -0.949. The van der Waals surface area contributed by atoms with Crippen molar-refractivity contribution in [2.45, 2.75) is 13.0 Å². The highest BCUT2D eigenvalue weighted by Gasteiger charge is 2.16. The Balaban J connectivity index is 3.20. The van der Waals surface area contributed by atoms with Gasteiger partial charge in [-0.3, -0.25) is 0 Å². The molecular formula is C10H10BrFO. The number of rotatable bonds is 2. The average molecular weight is 245 g/mol. The molecule has 0 spiro atoms. The molecule has 0 heterocycles. The Hall–Kier alpha value is -0.670. The number of aliphatic hydroxyl groups is 1. The fourth-order valence-electron chi connectivity index (χ4n) is 1.02. The smallest absolute Gasteiger partial charge is 0.130 e. The molecule has 13 heavy (non-hydrogen) atoms. The molecule has 0 aromatic heterocycles. The molecule has 0 saturated carbocycles. The van der Waals surface area contributed by atoms with Gasteiger partial charge in [0.25, 0.3) is 0 Å². The Bertz CT molecular complexity index is 315. The molecule has 0 bridgehead atoms. The topological polar surface area (TPSA) is 20.2 Å². The summed E-state index contributed by atoms with van der Waals surface area (Å²) in [5.74, 6) is -0.426. The van der Waals surface area contributed by atoms with Gasteiger partial charge in [-0.25, -0.2) is 4.39 Å². The molecule has 1 aromatic rings. The molecule has 1 N–H and O–H groups in total. The van der Waals surface area contributed by atoms with Gasteiger partial charge >= 0.3 is 0 Å². The summed E-state index contributed by atoms with van der Waals surface area (Å²) in [4.78, 5) is 0. The van der Waals surface area contributed by atoms with E-state index < -0.39 is 11.9 Å². The summed E-state index contributed by atoms with van der Waals surface area (Å²) < 4.78 is 13.8. The van der Waals surface area contributed by atoms with Crippen LogP contribution in [0.5, 0.6) is 0 Å².